The number of nitrogens with zero attached hydrogens (tertiary/aromatic N) is 1. The second kappa shape index (κ2) is 8.89. The van der Waals surface area contributed by atoms with Crippen LogP contribution < -0.4 is 5.32 Å². The first-order valence-electron chi connectivity index (χ1n) is 11.3. The van der Waals surface area contributed by atoms with Crippen LogP contribution in [0.3, 0.4) is 0 Å². The molecule has 2 aromatic rings. The topological polar surface area (TPSA) is 95.9 Å². The molecule has 174 valence electrons. The zero-order valence-electron chi connectivity index (χ0n) is 19.2. The fraction of sp³-hybridized carbons (Fsp3) is 0.423. The number of carboxylic acid groups (broad SMARTS) is 1. The van der Waals surface area contributed by atoms with Gasteiger partial charge in [-0.25, -0.2) is 9.59 Å². The lowest BCUT2D eigenvalue weighted by atomic mass is 9.97. The average molecular weight is 451 g/mol. The number of likely N-dealkylation sites (N-methyl/N-ethyl adjacent to an activating group) is 1. The van der Waals surface area contributed by atoms with E-state index in [0.29, 0.717) is 12.8 Å². The van der Waals surface area contributed by atoms with E-state index in [0.717, 1.165) is 28.7 Å². The molecule has 2 N–H and O–H groups in total. The third kappa shape index (κ3) is 4.19. The van der Waals surface area contributed by atoms with E-state index in [1.54, 1.807) is 0 Å². The van der Waals surface area contributed by atoms with Gasteiger partial charge in [0.05, 0.1) is 5.92 Å². The maximum Gasteiger partial charge on any atom is 0.407 e. The number of aliphatic carboxylic acids is 1. The van der Waals surface area contributed by atoms with Crippen molar-refractivity contribution in [2.75, 3.05) is 13.7 Å². The Labute approximate surface area is 193 Å². The Morgan fingerprint density at radius 1 is 1.03 bits per heavy atom. The van der Waals surface area contributed by atoms with Crippen molar-refractivity contribution in [2.45, 2.75) is 50.6 Å². The summed E-state index contributed by atoms with van der Waals surface area (Å²) in [5.74, 6) is -1.85. The smallest absolute Gasteiger partial charge is 0.407 e. The van der Waals surface area contributed by atoms with Gasteiger partial charge in [0.15, 0.2) is 0 Å². The molecule has 33 heavy (non-hydrogen) atoms. The summed E-state index contributed by atoms with van der Waals surface area (Å²) >= 11 is 0. The van der Waals surface area contributed by atoms with Crippen LogP contribution in [0.15, 0.2) is 48.5 Å². The molecule has 7 heteroatoms. The monoisotopic (exact) mass is 450 g/mol. The first-order valence-corrected chi connectivity index (χ1v) is 11.3. The molecule has 2 amide bonds. The lowest BCUT2D eigenvalue weighted by molar-refractivity contribution is -0.157. The van der Waals surface area contributed by atoms with E-state index in [-0.39, 0.29) is 24.5 Å². The Balaban J connectivity index is 1.40. The van der Waals surface area contributed by atoms with Crippen LogP contribution in [-0.2, 0) is 14.3 Å². The zero-order valence-corrected chi connectivity index (χ0v) is 19.2. The standard InChI is InChI=1S/C26H30N2O5/c1-26(2,24(30)31)28(3)23(29)20-13-8-14-22(20)27-25(32)33-15-21-18-11-6-4-9-16(18)17-10-5-7-12-19(17)21/h4-7,9-12,20-22H,8,13-15H2,1-3H3,(H,27,32)(H,30,31)/t20-,22+/m1/s1. The minimum Gasteiger partial charge on any atom is -0.480 e. The molecule has 4 rings (SSSR count). The molecular formula is C26H30N2O5. The minimum absolute atomic E-state index is 0.0355. The highest BCUT2D eigenvalue weighted by Crippen LogP contribution is 2.44. The number of hydrogen-bond acceptors (Lipinski definition) is 4. The van der Waals surface area contributed by atoms with Gasteiger partial charge in [-0.2, -0.15) is 0 Å². The van der Waals surface area contributed by atoms with Gasteiger partial charge in [0, 0.05) is 19.0 Å². The Kier molecular flexibility index (Phi) is 6.15. The fourth-order valence-corrected chi connectivity index (χ4v) is 4.89. The van der Waals surface area contributed by atoms with E-state index >= 15 is 0 Å². The quantitative estimate of drug-likeness (QED) is 0.693. The highest BCUT2D eigenvalue weighted by Gasteiger charge is 2.42. The number of ether oxygens (including phenoxy) is 1. The second-order valence-electron chi connectivity index (χ2n) is 9.38. The van der Waals surface area contributed by atoms with Crippen molar-refractivity contribution in [3.05, 3.63) is 59.7 Å². The maximum atomic E-state index is 13.0. The molecule has 0 saturated heterocycles. The van der Waals surface area contributed by atoms with Gasteiger partial charge >= 0.3 is 12.1 Å². The molecule has 0 heterocycles. The molecule has 0 spiro atoms. The van der Waals surface area contributed by atoms with Crippen molar-refractivity contribution in [1.82, 2.24) is 10.2 Å². The summed E-state index contributed by atoms with van der Waals surface area (Å²) in [7, 11) is 1.50. The summed E-state index contributed by atoms with van der Waals surface area (Å²) < 4.78 is 5.63. The number of carbonyl (C=O) groups is 3. The third-order valence-electron chi connectivity index (χ3n) is 7.17. The SMILES string of the molecule is CN(C(=O)[C@@H]1CCC[C@@H]1NC(=O)OCC1c2ccccc2-c2ccccc21)C(C)(C)C(=O)O. The number of nitrogens with one attached hydrogen (secondary N) is 1. The Morgan fingerprint density at radius 2 is 1.61 bits per heavy atom. The highest BCUT2D eigenvalue weighted by molar-refractivity contribution is 5.88. The van der Waals surface area contributed by atoms with Gasteiger partial charge in [0.25, 0.3) is 0 Å². The van der Waals surface area contributed by atoms with Crippen LogP contribution in [0, 0.1) is 5.92 Å². The molecule has 1 saturated carbocycles. The predicted molar refractivity (Wildman–Crippen MR) is 124 cm³/mol. The molecule has 2 atom stereocenters. The Bertz CT molecular complexity index is 1030. The number of carbonyl (C=O) groups excluding carboxylic acids is 2. The van der Waals surface area contributed by atoms with Gasteiger partial charge in [-0.05, 0) is 48.9 Å². The Morgan fingerprint density at radius 3 is 2.18 bits per heavy atom. The van der Waals surface area contributed by atoms with Crippen molar-refractivity contribution in [3.8, 4) is 11.1 Å². The summed E-state index contributed by atoms with van der Waals surface area (Å²) in [4.78, 5) is 38.5. The molecule has 2 aliphatic rings. The Hall–Kier alpha value is -3.35. The molecule has 0 aromatic heterocycles. The van der Waals surface area contributed by atoms with Crippen LogP contribution in [0.4, 0.5) is 4.79 Å². The first-order chi connectivity index (χ1) is 15.7. The fourth-order valence-electron chi connectivity index (χ4n) is 4.89. The van der Waals surface area contributed by atoms with Gasteiger partial charge in [0.1, 0.15) is 12.1 Å². The van der Waals surface area contributed by atoms with Crippen LogP contribution in [0.5, 0.6) is 0 Å². The van der Waals surface area contributed by atoms with Gasteiger partial charge < -0.3 is 20.1 Å². The van der Waals surface area contributed by atoms with Crippen LogP contribution in [0.25, 0.3) is 11.1 Å². The van der Waals surface area contributed by atoms with Crippen molar-refractivity contribution < 1.29 is 24.2 Å². The molecule has 0 radical (unpaired) electrons. The van der Waals surface area contributed by atoms with Crippen LogP contribution in [0.1, 0.15) is 50.2 Å². The van der Waals surface area contributed by atoms with Crippen LogP contribution >= 0.6 is 0 Å². The van der Waals surface area contributed by atoms with Gasteiger partial charge in [-0.3, -0.25) is 4.79 Å². The van der Waals surface area contributed by atoms with Gasteiger partial charge in [-0.15, -0.1) is 0 Å². The predicted octanol–water partition coefficient (Wildman–Crippen LogP) is 4.02. The summed E-state index contributed by atoms with van der Waals surface area (Å²) in [6.07, 6.45) is 1.49. The summed E-state index contributed by atoms with van der Waals surface area (Å²) in [6, 6.07) is 15.9. The maximum absolute atomic E-state index is 13.0. The number of benzene rings is 2. The molecular weight excluding hydrogens is 420 g/mol. The van der Waals surface area contributed by atoms with E-state index in [2.05, 4.69) is 29.6 Å². The summed E-state index contributed by atoms with van der Waals surface area (Å²) in [5, 5.41) is 12.3. The van der Waals surface area contributed by atoms with E-state index < -0.39 is 23.5 Å². The van der Waals surface area contributed by atoms with Crippen LogP contribution in [0.2, 0.25) is 0 Å². The number of fused-ring (bicyclic) bond motifs is 3. The normalized spacial score (nSPS) is 19.5. The molecule has 0 unspecified atom stereocenters. The lowest BCUT2D eigenvalue weighted by Crippen LogP contribution is -2.54. The van der Waals surface area contributed by atoms with Crippen molar-refractivity contribution in [1.29, 1.82) is 0 Å². The van der Waals surface area contributed by atoms with E-state index in [1.165, 1.54) is 25.8 Å². The molecule has 2 aliphatic carbocycles. The third-order valence-corrected chi connectivity index (χ3v) is 7.17. The number of hydrogen-bond donors (Lipinski definition) is 2. The van der Waals surface area contributed by atoms with E-state index in [4.69, 9.17) is 4.74 Å². The van der Waals surface area contributed by atoms with Crippen molar-refractivity contribution in [3.63, 3.8) is 0 Å². The van der Waals surface area contributed by atoms with Gasteiger partial charge in [-0.1, -0.05) is 55.0 Å². The molecule has 2 aromatic carbocycles. The summed E-state index contributed by atoms with van der Waals surface area (Å²) in [5.41, 5.74) is 3.27. The second-order valence-corrected chi connectivity index (χ2v) is 9.38. The van der Waals surface area contributed by atoms with E-state index in [1.807, 2.05) is 24.3 Å². The lowest BCUT2D eigenvalue weighted by Gasteiger charge is -2.34. The van der Waals surface area contributed by atoms with Crippen molar-refractivity contribution >= 4 is 18.0 Å². The number of amides is 2. The number of carboxylic acids is 1. The minimum atomic E-state index is -1.33. The molecule has 0 bridgehead atoms. The first kappa shape index (κ1) is 22.8. The average Bonchev–Trinajstić information content (AvgIpc) is 3.39. The zero-order chi connectivity index (χ0) is 23.8. The number of alkyl carbamates (subject to hydrolysis) is 1. The highest BCUT2D eigenvalue weighted by atomic mass is 16.5. The van der Waals surface area contributed by atoms with Gasteiger partial charge in [0.2, 0.25) is 5.91 Å². The largest absolute Gasteiger partial charge is 0.480 e. The molecule has 7 nitrogen and oxygen atoms in total. The van der Waals surface area contributed by atoms with E-state index in [9.17, 15) is 19.5 Å². The molecule has 0 aliphatic heterocycles. The van der Waals surface area contributed by atoms with Crippen molar-refractivity contribution in [2.24, 2.45) is 5.92 Å². The number of rotatable bonds is 6. The summed E-state index contributed by atoms with van der Waals surface area (Å²) in [6.45, 7) is 3.20. The van der Waals surface area contributed by atoms with Crippen LogP contribution in [-0.4, -0.2) is 53.2 Å². The molecule has 1 fully saturated rings.